The van der Waals surface area contributed by atoms with Crippen LogP contribution in [0.25, 0.3) is 11.0 Å². The van der Waals surface area contributed by atoms with Crippen LogP contribution < -0.4 is 19.7 Å². The Morgan fingerprint density at radius 3 is 2.50 bits per heavy atom. The average Bonchev–Trinajstić information content (AvgIpc) is 2.91. The first kappa shape index (κ1) is 24.5. The molecule has 1 saturated heterocycles. The summed E-state index contributed by atoms with van der Waals surface area (Å²) in [6, 6.07) is 4.53. The molecule has 2 aliphatic rings. The molecule has 3 aromatic rings. The van der Waals surface area contributed by atoms with Gasteiger partial charge in [-0.2, -0.15) is 0 Å². The zero-order valence-corrected chi connectivity index (χ0v) is 21.1. The molecular weight excluding hydrogens is 458 g/mol. The summed E-state index contributed by atoms with van der Waals surface area (Å²) in [5, 5.41) is 3.47. The molecule has 5 rings (SSSR count). The van der Waals surface area contributed by atoms with Crippen molar-refractivity contribution in [2.45, 2.75) is 37.8 Å². The van der Waals surface area contributed by atoms with Crippen molar-refractivity contribution in [3.05, 3.63) is 36.9 Å². The number of ether oxygens (including phenoxy) is 3. The number of hydrogen-bond acceptors (Lipinski definition) is 10. The lowest BCUT2D eigenvalue weighted by atomic mass is 9.93. The molecule has 0 bridgehead atoms. The number of likely N-dealkylation sites (N-methyl/N-ethyl adjacent to an activating group) is 1. The number of benzene rings is 1. The number of fused-ring (bicyclic) bond motifs is 1. The molecule has 10 nitrogen and oxygen atoms in total. The highest BCUT2D eigenvalue weighted by Gasteiger charge is 2.24. The SMILES string of the molecule is CN(C)CCOc1cnc(N[C@H]2CC[C@@H](Oc3cc(N4CCOCC4)cc4nccnc34)CC2)nc1. The third kappa shape index (κ3) is 6.30. The molecular formula is C26H35N7O3. The Hall–Kier alpha value is -3.24. The van der Waals surface area contributed by atoms with Gasteiger partial charge in [-0.05, 0) is 45.8 Å². The van der Waals surface area contributed by atoms with E-state index in [0.29, 0.717) is 24.3 Å². The number of morpholine rings is 1. The predicted molar refractivity (Wildman–Crippen MR) is 139 cm³/mol. The third-order valence-electron chi connectivity index (χ3n) is 6.64. The Balaban J connectivity index is 1.17. The first-order valence-corrected chi connectivity index (χ1v) is 12.7. The molecule has 2 aromatic heterocycles. The summed E-state index contributed by atoms with van der Waals surface area (Å²) in [5.74, 6) is 2.14. The van der Waals surface area contributed by atoms with Crippen molar-refractivity contribution in [3.8, 4) is 11.5 Å². The number of aromatic nitrogens is 4. The lowest BCUT2D eigenvalue weighted by molar-refractivity contribution is 0.122. The van der Waals surface area contributed by atoms with Crippen molar-refractivity contribution in [2.24, 2.45) is 0 Å². The molecule has 0 amide bonds. The fourth-order valence-corrected chi connectivity index (χ4v) is 4.62. The van der Waals surface area contributed by atoms with Crippen LogP contribution in [0.4, 0.5) is 11.6 Å². The largest absolute Gasteiger partial charge is 0.489 e. The Labute approximate surface area is 212 Å². The monoisotopic (exact) mass is 493 g/mol. The number of rotatable bonds is 9. The summed E-state index contributed by atoms with van der Waals surface area (Å²) >= 11 is 0. The van der Waals surface area contributed by atoms with Crippen LogP contribution in [0.5, 0.6) is 11.5 Å². The zero-order chi connectivity index (χ0) is 24.7. The van der Waals surface area contributed by atoms with Gasteiger partial charge in [-0.1, -0.05) is 0 Å². The Morgan fingerprint density at radius 1 is 1.00 bits per heavy atom. The molecule has 1 saturated carbocycles. The normalized spacial score (nSPS) is 20.5. The molecule has 0 atom stereocenters. The molecule has 0 unspecified atom stereocenters. The summed E-state index contributed by atoms with van der Waals surface area (Å²) < 4.78 is 17.7. The lowest BCUT2D eigenvalue weighted by Gasteiger charge is -2.31. The maximum Gasteiger partial charge on any atom is 0.223 e. The first-order chi connectivity index (χ1) is 17.6. The minimum atomic E-state index is 0.140. The molecule has 3 heterocycles. The molecule has 1 aromatic carbocycles. The number of nitrogens with one attached hydrogen (secondary N) is 1. The van der Waals surface area contributed by atoms with E-state index in [1.54, 1.807) is 24.8 Å². The third-order valence-corrected chi connectivity index (χ3v) is 6.64. The topological polar surface area (TPSA) is 97.8 Å². The van der Waals surface area contributed by atoms with Gasteiger partial charge in [-0.25, -0.2) is 15.0 Å². The second-order valence-electron chi connectivity index (χ2n) is 9.60. The number of hydrogen-bond donors (Lipinski definition) is 1. The fourth-order valence-electron chi connectivity index (χ4n) is 4.62. The van der Waals surface area contributed by atoms with Crippen LogP contribution in [0.15, 0.2) is 36.9 Å². The Morgan fingerprint density at radius 2 is 1.75 bits per heavy atom. The maximum absolute atomic E-state index is 6.53. The van der Waals surface area contributed by atoms with Gasteiger partial charge >= 0.3 is 0 Å². The van der Waals surface area contributed by atoms with Crippen molar-refractivity contribution >= 4 is 22.7 Å². The van der Waals surface area contributed by atoms with Crippen molar-refractivity contribution in [2.75, 3.05) is 63.8 Å². The van der Waals surface area contributed by atoms with E-state index in [0.717, 1.165) is 81.0 Å². The van der Waals surface area contributed by atoms with Crippen molar-refractivity contribution < 1.29 is 14.2 Å². The van der Waals surface area contributed by atoms with Crippen LogP contribution in [0.3, 0.4) is 0 Å². The van der Waals surface area contributed by atoms with E-state index in [2.05, 4.69) is 47.2 Å². The fraction of sp³-hybridized carbons (Fsp3) is 0.538. The minimum absolute atomic E-state index is 0.140. The summed E-state index contributed by atoms with van der Waals surface area (Å²) in [4.78, 5) is 22.4. The van der Waals surface area contributed by atoms with Crippen LogP contribution >= 0.6 is 0 Å². The average molecular weight is 494 g/mol. The molecule has 192 valence electrons. The van der Waals surface area contributed by atoms with Gasteiger partial charge < -0.3 is 29.3 Å². The lowest BCUT2D eigenvalue weighted by Crippen LogP contribution is -2.36. The molecule has 2 fully saturated rings. The van der Waals surface area contributed by atoms with Gasteiger partial charge in [-0.3, -0.25) is 4.98 Å². The van der Waals surface area contributed by atoms with Crippen LogP contribution in [0.2, 0.25) is 0 Å². The Kier molecular flexibility index (Phi) is 7.92. The molecule has 0 spiro atoms. The van der Waals surface area contributed by atoms with E-state index in [1.807, 2.05) is 14.1 Å². The highest BCUT2D eigenvalue weighted by molar-refractivity contribution is 5.85. The molecule has 1 N–H and O–H groups in total. The molecule has 0 radical (unpaired) electrons. The first-order valence-electron chi connectivity index (χ1n) is 12.7. The van der Waals surface area contributed by atoms with Crippen LogP contribution in [-0.4, -0.2) is 90.5 Å². The van der Waals surface area contributed by atoms with Gasteiger partial charge in [0.2, 0.25) is 5.95 Å². The summed E-state index contributed by atoms with van der Waals surface area (Å²) in [6.07, 6.45) is 10.9. The minimum Gasteiger partial charge on any atom is -0.489 e. The van der Waals surface area contributed by atoms with Crippen molar-refractivity contribution in [1.29, 1.82) is 0 Å². The highest BCUT2D eigenvalue weighted by Crippen LogP contribution is 2.33. The molecule has 1 aliphatic carbocycles. The summed E-state index contributed by atoms with van der Waals surface area (Å²) in [6.45, 7) is 4.68. The van der Waals surface area contributed by atoms with Gasteiger partial charge in [0.05, 0.1) is 37.2 Å². The van der Waals surface area contributed by atoms with E-state index >= 15 is 0 Å². The van der Waals surface area contributed by atoms with E-state index < -0.39 is 0 Å². The Bertz CT molecular complexity index is 1110. The second kappa shape index (κ2) is 11.7. The second-order valence-corrected chi connectivity index (χ2v) is 9.60. The number of nitrogens with zero attached hydrogens (tertiary/aromatic N) is 6. The van der Waals surface area contributed by atoms with Gasteiger partial charge in [-0.15, -0.1) is 0 Å². The zero-order valence-electron chi connectivity index (χ0n) is 21.1. The summed E-state index contributed by atoms with van der Waals surface area (Å²) in [7, 11) is 4.04. The predicted octanol–water partition coefficient (Wildman–Crippen LogP) is 3.00. The van der Waals surface area contributed by atoms with Gasteiger partial charge in [0, 0.05) is 49.8 Å². The van der Waals surface area contributed by atoms with Crippen LogP contribution in [-0.2, 0) is 4.74 Å². The van der Waals surface area contributed by atoms with Gasteiger partial charge in [0.15, 0.2) is 5.75 Å². The smallest absolute Gasteiger partial charge is 0.223 e. The number of anilines is 2. The van der Waals surface area contributed by atoms with E-state index in [9.17, 15) is 0 Å². The standard InChI is InChI=1S/C26H35N7O3/c1-32(2)9-14-35-22-17-29-26(30-18-22)31-19-3-5-21(6-4-19)36-24-16-20(33-10-12-34-13-11-33)15-23-25(24)28-8-7-27-23/h7-8,15-19,21H,3-6,9-14H2,1-2H3,(H,29,30,31)/t19-,21+. The van der Waals surface area contributed by atoms with Crippen molar-refractivity contribution in [3.63, 3.8) is 0 Å². The van der Waals surface area contributed by atoms with E-state index in [1.165, 1.54) is 0 Å². The van der Waals surface area contributed by atoms with Gasteiger partial charge in [0.25, 0.3) is 0 Å². The van der Waals surface area contributed by atoms with E-state index in [-0.39, 0.29) is 6.10 Å². The molecule has 10 heteroatoms. The summed E-state index contributed by atoms with van der Waals surface area (Å²) in [5.41, 5.74) is 2.79. The van der Waals surface area contributed by atoms with Crippen molar-refractivity contribution in [1.82, 2.24) is 24.8 Å². The quantitative estimate of drug-likeness (QED) is 0.479. The van der Waals surface area contributed by atoms with E-state index in [4.69, 9.17) is 14.2 Å². The highest BCUT2D eigenvalue weighted by atomic mass is 16.5. The molecule has 1 aliphatic heterocycles. The molecule has 36 heavy (non-hydrogen) atoms. The van der Waals surface area contributed by atoms with Crippen LogP contribution in [0, 0.1) is 0 Å². The van der Waals surface area contributed by atoms with Gasteiger partial charge in [0.1, 0.15) is 17.9 Å². The van der Waals surface area contributed by atoms with Crippen LogP contribution in [0.1, 0.15) is 25.7 Å². The maximum atomic E-state index is 6.53.